The van der Waals surface area contributed by atoms with Gasteiger partial charge in [-0.25, -0.2) is 4.68 Å². The van der Waals surface area contributed by atoms with Gasteiger partial charge in [-0.1, -0.05) is 18.2 Å². The van der Waals surface area contributed by atoms with Crippen LogP contribution in [0.4, 0.5) is 5.00 Å². The minimum Gasteiger partial charge on any atom is -0.493 e. The maximum atomic E-state index is 12.8. The molecule has 0 fully saturated rings. The summed E-state index contributed by atoms with van der Waals surface area (Å²) in [5.74, 6) is 0.00177. The standard InChI is InChI=1S/C19H16N4O2S/c1-25-15-11-23(12-6-3-2-4-7-12)22-17(15)18(24)21-19-14(10-20)13-8-5-9-16(13)26-19/h2-4,6-7,11H,5,8-9H2,1H3,(H,21,24). The van der Waals surface area contributed by atoms with E-state index >= 15 is 0 Å². The molecule has 2 heterocycles. The zero-order valence-corrected chi connectivity index (χ0v) is 15.0. The van der Waals surface area contributed by atoms with Gasteiger partial charge in [0, 0.05) is 4.88 Å². The Labute approximate surface area is 154 Å². The zero-order valence-electron chi connectivity index (χ0n) is 14.2. The van der Waals surface area contributed by atoms with Gasteiger partial charge in [-0.05, 0) is 37.0 Å². The van der Waals surface area contributed by atoms with Crippen molar-refractivity contribution in [2.45, 2.75) is 19.3 Å². The molecule has 3 aromatic rings. The number of para-hydroxylation sites is 1. The van der Waals surface area contributed by atoms with Crippen LogP contribution in [0.3, 0.4) is 0 Å². The Hall–Kier alpha value is -3.11. The van der Waals surface area contributed by atoms with Crippen molar-refractivity contribution in [2.24, 2.45) is 0 Å². The normalized spacial score (nSPS) is 12.5. The number of nitrogens with one attached hydrogen (secondary N) is 1. The summed E-state index contributed by atoms with van der Waals surface area (Å²) in [6.45, 7) is 0. The number of aromatic nitrogens is 2. The van der Waals surface area contributed by atoms with Crippen LogP contribution in [-0.4, -0.2) is 22.8 Å². The molecule has 130 valence electrons. The van der Waals surface area contributed by atoms with Gasteiger partial charge in [0.1, 0.15) is 11.1 Å². The monoisotopic (exact) mass is 364 g/mol. The van der Waals surface area contributed by atoms with E-state index in [9.17, 15) is 10.1 Å². The molecule has 0 saturated carbocycles. The molecule has 0 saturated heterocycles. The summed E-state index contributed by atoms with van der Waals surface area (Å²) in [6, 6.07) is 11.7. The number of ether oxygens (including phenoxy) is 1. The molecule has 7 heteroatoms. The predicted octanol–water partition coefficient (Wildman–Crippen LogP) is 3.56. The Kier molecular flexibility index (Phi) is 4.19. The van der Waals surface area contributed by atoms with Crippen LogP contribution in [0.25, 0.3) is 5.69 Å². The fraction of sp³-hybridized carbons (Fsp3) is 0.211. The molecular formula is C19H16N4O2S. The summed E-state index contributed by atoms with van der Waals surface area (Å²) in [5.41, 5.74) is 2.68. The van der Waals surface area contributed by atoms with Crippen LogP contribution < -0.4 is 10.1 Å². The molecule has 4 rings (SSSR count). The second kappa shape index (κ2) is 6.65. The number of hydrogen-bond acceptors (Lipinski definition) is 5. The minimum absolute atomic E-state index is 0.189. The number of amides is 1. The highest BCUT2D eigenvalue weighted by Gasteiger charge is 2.25. The van der Waals surface area contributed by atoms with E-state index in [0.29, 0.717) is 16.3 Å². The Morgan fingerprint density at radius 1 is 1.35 bits per heavy atom. The molecule has 1 aliphatic rings. The summed E-state index contributed by atoms with van der Waals surface area (Å²) in [6.07, 6.45) is 4.61. The summed E-state index contributed by atoms with van der Waals surface area (Å²) >= 11 is 1.48. The van der Waals surface area contributed by atoms with E-state index in [4.69, 9.17) is 4.74 Å². The lowest BCUT2D eigenvalue weighted by Gasteiger charge is -2.03. The maximum Gasteiger partial charge on any atom is 0.280 e. The smallest absolute Gasteiger partial charge is 0.280 e. The number of nitriles is 1. The fourth-order valence-corrected chi connectivity index (χ4v) is 4.39. The third-order valence-corrected chi connectivity index (χ3v) is 5.60. The van der Waals surface area contributed by atoms with Crippen LogP contribution in [0.2, 0.25) is 0 Å². The number of carbonyl (C=O) groups excluding carboxylic acids is 1. The van der Waals surface area contributed by atoms with E-state index in [1.165, 1.54) is 23.3 Å². The Morgan fingerprint density at radius 2 is 2.15 bits per heavy atom. The van der Waals surface area contributed by atoms with Gasteiger partial charge in [0.05, 0.1) is 24.6 Å². The number of nitrogens with zero attached hydrogens (tertiary/aromatic N) is 3. The molecule has 0 unspecified atom stereocenters. The first-order chi connectivity index (χ1) is 12.7. The van der Waals surface area contributed by atoms with Crippen LogP contribution in [0.1, 0.15) is 32.9 Å². The van der Waals surface area contributed by atoms with Crippen molar-refractivity contribution in [1.82, 2.24) is 9.78 Å². The van der Waals surface area contributed by atoms with Gasteiger partial charge in [0.25, 0.3) is 5.91 Å². The van der Waals surface area contributed by atoms with E-state index in [0.717, 1.165) is 30.5 Å². The molecule has 2 aromatic heterocycles. The number of methoxy groups -OCH3 is 1. The minimum atomic E-state index is -0.382. The second-order valence-electron chi connectivity index (χ2n) is 5.95. The number of anilines is 1. The molecule has 6 nitrogen and oxygen atoms in total. The molecular weight excluding hydrogens is 348 g/mol. The van der Waals surface area contributed by atoms with Crippen LogP contribution in [0, 0.1) is 11.3 Å². The first-order valence-corrected chi connectivity index (χ1v) is 9.08. The average Bonchev–Trinajstić information content (AvgIpc) is 3.36. The van der Waals surface area contributed by atoms with Gasteiger partial charge in [-0.15, -0.1) is 11.3 Å². The summed E-state index contributed by atoms with van der Waals surface area (Å²) in [5, 5.41) is 17.3. The largest absolute Gasteiger partial charge is 0.493 e. The van der Waals surface area contributed by atoms with Crippen LogP contribution in [0.15, 0.2) is 36.5 Å². The molecule has 0 aliphatic heterocycles. The van der Waals surface area contributed by atoms with Gasteiger partial charge in [0.2, 0.25) is 0 Å². The van der Waals surface area contributed by atoms with Gasteiger partial charge in [0.15, 0.2) is 11.4 Å². The molecule has 1 N–H and O–H groups in total. The highest BCUT2D eigenvalue weighted by molar-refractivity contribution is 7.16. The van der Waals surface area contributed by atoms with Gasteiger partial charge in [-0.3, -0.25) is 4.79 Å². The van der Waals surface area contributed by atoms with E-state index < -0.39 is 0 Å². The number of aryl methyl sites for hydroxylation is 1. The molecule has 0 atom stereocenters. The number of carbonyl (C=O) groups is 1. The Morgan fingerprint density at radius 3 is 2.88 bits per heavy atom. The Balaban J connectivity index is 1.65. The number of hydrogen-bond donors (Lipinski definition) is 1. The van der Waals surface area contributed by atoms with Crippen LogP contribution in [0.5, 0.6) is 5.75 Å². The fourth-order valence-electron chi connectivity index (χ4n) is 3.15. The van der Waals surface area contributed by atoms with Crippen molar-refractivity contribution < 1.29 is 9.53 Å². The lowest BCUT2D eigenvalue weighted by Crippen LogP contribution is -2.14. The molecule has 0 bridgehead atoms. The predicted molar refractivity (Wildman–Crippen MR) is 99.1 cm³/mol. The van der Waals surface area contributed by atoms with Gasteiger partial charge in [-0.2, -0.15) is 10.4 Å². The van der Waals surface area contributed by atoms with Crippen LogP contribution in [-0.2, 0) is 12.8 Å². The van der Waals surface area contributed by atoms with Crippen molar-refractivity contribution in [2.75, 3.05) is 12.4 Å². The quantitative estimate of drug-likeness (QED) is 0.768. The highest BCUT2D eigenvalue weighted by atomic mass is 32.1. The summed E-state index contributed by atoms with van der Waals surface area (Å²) < 4.78 is 6.92. The number of fused-ring (bicyclic) bond motifs is 1. The van der Waals surface area contributed by atoms with Crippen molar-refractivity contribution in [3.05, 3.63) is 58.2 Å². The van der Waals surface area contributed by atoms with Crippen molar-refractivity contribution >= 4 is 22.2 Å². The zero-order chi connectivity index (χ0) is 18.1. The van der Waals surface area contributed by atoms with E-state index in [-0.39, 0.29) is 11.6 Å². The lowest BCUT2D eigenvalue weighted by molar-refractivity contribution is 0.101. The average molecular weight is 364 g/mol. The molecule has 0 radical (unpaired) electrons. The molecule has 1 aliphatic carbocycles. The van der Waals surface area contributed by atoms with Crippen molar-refractivity contribution in [3.63, 3.8) is 0 Å². The van der Waals surface area contributed by atoms with Gasteiger partial charge < -0.3 is 10.1 Å². The molecule has 1 aromatic carbocycles. The van der Waals surface area contributed by atoms with Crippen molar-refractivity contribution in [1.29, 1.82) is 5.26 Å². The third-order valence-electron chi connectivity index (χ3n) is 4.40. The number of benzene rings is 1. The molecule has 1 amide bonds. The Bertz CT molecular complexity index is 1010. The first kappa shape index (κ1) is 16.4. The first-order valence-electron chi connectivity index (χ1n) is 8.26. The van der Waals surface area contributed by atoms with E-state index in [2.05, 4.69) is 16.5 Å². The summed E-state index contributed by atoms with van der Waals surface area (Å²) in [4.78, 5) is 14.0. The highest BCUT2D eigenvalue weighted by Crippen LogP contribution is 2.38. The second-order valence-corrected chi connectivity index (χ2v) is 7.06. The summed E-state index contributed by atoms with van der Waals surface area (Å²) in [7, 11) is 1.50. The van der Waals surface area contributed by atoms with Gasteiger partial charge >= 0.3 is 0 Å². The van der Waals surface area contributed by atoms with Crippen LogP contribution >= 0.6 is 11.3 Å². The number of thiophene rings is 1. The third kappa shape index (κ3) is 2.74. The lowest BCUT2D eigenvalue weighted by atomic mass is 10.1. The number of rotatable bonds is 4. The van der Waals surface area contributed by atoms with Crippen molar-refractivity contribution in [3.8, 4) is 17.5 Å². The molecule has 26 heavy (non-hydrogen) atoms. The SMILES string of the molecule is COc1cn(-c2ccccc2)nc1C(=O)Nc1sc2c(c1C#N)CCC2. The van der Waals surface area contributed by atoms with E-state index in [1.807, 2.05) is 30.3 Å². The topological polar surface area (TPSA) is 79.9 Å². The maximum absolute atomic E-state index is 12.8. The molecule has 0 spiro atoms. The van der Waals surface area contributed by atoms with E-state index in [1.54, 1.807) is 10.9 Å².